The maximum Gasteiger partial charge on any atom is 0.239 e. The Morgan fingerprint density at radius 1 is 1.37 bits per heavy atom. The van der Waals surface area contributed by atoms with E-state index in [9.17, 15) is 0 Å². The maximum atomic E-state index is 5.94. The Morgan fingerprint density at radius 2 is 2.16 bits per heavy atom. The number of rotatable bonds is 4. The summed E-state index contributed by atoms with van der Waals surface area (Å²) in [5, 5.41) is 3.82. The van der Waals surface area contributed by atoms with Gasteiger partial charge in [-0.1, -0.05) is 11.6 Å². The molecule has 0 aliphatic carbocycles. The van der Waals surface area contributed by atoms with Gasteiger partial charge < -0.3 is 15.8 Å². The molecule has 19 heavy (non-hydrogen) atoms. The van der Waals surface area contributed by atoms with E-state index in [0.717, 1.165) is 10.2 Å². The standard InChI is InChI=1S/C13H13BrClN3O/c1-2-19-13-11(16)5-6-12(18-13)17-8-3-4-10(15)9(14)7-8/h3-7H,2,16H2,1H3,(H,17,18). The Kier molecular flexibility index (Phi) is 4.50. The third-order valence-corrected chi connectivity index (χ3v) is 3.58. The van der Waals surface area contributed by atoms with Gasteiger partial charge in [-0.3, -0.25) is 0 Å². The van der Waals surface area contributed by atoms with Gasteiger partial charge in [-0.05, 0) is 53.2 Å². The summed E-state index contributed by atoms with van der Waals surface area (Å²) < 4.78 is 6.17. The number of nitrogens with zero attached hydrogens (tertiary/aromatic N) is 1. The van der Waals surface area contributed by atoms with Gasteiger partial charge in [-0.2, -0.15) is 4.98 Å². The molecule has 2 aromatic rings. The first kappa shape index (κ1) is 14.0. The molecule has 0 saturated carbocycles. The van der Waals surface area contributed by atoms with Crippen molar-refractivity contribution in [2.24, 2.45) is 0 Å². The fourth-order valence-corrected chi connectivity index (χ4v) is 1.99. The highest BCUT2D eigenvalue weighted by atomic mass is 79.9. The van der Waals surface area contributed by atoms with Crippen molar-refractivity contribution < 1.29 is 4.74 Å². The van der Waals surface area contributed by atoms with Crippen LogP contribution >= 0.6 is 27.5 Å². The van der Waals surface area contributed by atoms with E-state index in [0.29, 0.717) is 29.0 Å². The number of aromatic nitrogens is 1. The molecule has 6 heteroatoms. The topological polar surface area (TPSA) is 60.2 Å². The molecule has 100 valence electrons. The molecule has 2 rings (SSSR count). The highest BCUT2D eigenvalue weighted by Gasteiger charge is 2.05. The predicted octanol–water partition coefficient (Wildman–Crippen LogP) is 4.22. The number of nitrogens with two attached hydrogens (primary N) is 1. The first-order valence-electron chi connectivity index (χ1n) is 5.71. The minimum Gasteiger partial charge on any atom is -0.476 e. The zero-order valence-corrected chi connectivity index (χ0v) is 12.6. The minimum atomic E-state index is 0.431. The van der Waals surface area contributed by atoms with Gasteiger partial charge in [-0.15, -0.1) is 0 Å². The van der Waals surface area contributed by atoms with Crippen molar-refractivity contribution in [2.45, 2.75) is 6.92 Å². The fourth-order valence-electron chi connectivity index (χ4n) is 1.49. The Morgan fingerprint density at radius 3 is 2.84 bits per heavy atom. The Bertz CT molecular complexity index is 592. The molecule has 3 N–H and O–H groups in total. The average Bonchev–Trinajstić information content (AvgIpc) is 2.38. The lowest BCUT2D eigenvalue weighted by Gasteiger charge is -2.10. The number of halogens is 2. The van der Waals surface area contributed by atoms with Crippen molar-refractivity contribution in [3.8, 4) is 5.88 Å². The minimum absolute atomic E-state index is 0.431. The summed E-state index contributed by atoms with van der Waals surface area (Å²) in [6.07, 6.45) is 0. The summed E-state index contributed by atoms with van der Waals surface area (Å²) in [7, 11) is 0. The van der Waals surface area contributed by atoms with Crippen molar-refractivity contribution in [3.63, 3.8) is 0 Å². The van der Waals surface area contributed by atoms with Crippen LogP contribution in [0, 0.1) is 0 Å². The number of ether oxygens (including phenoxy) is 1. The number of hydrogen-bond donors (Lipinski definition) is 2. The van der Waals surface area contributed by atoms with Crippen LogP contribution in [-0.4, -0.2) is 11.6 Å². The predicted molar refractivity (Wildman–Crippen MR) is 82.3 cm³/mol. The molecular weight excluding hydrogens is 330 g/mol. The summed E-state index contributed by atoms with van der Waals surface area (Å²) in [6.45, 7) is 2.41. The second-order valence-electron chi connectivity index (χ2n) is 3.78. The molecule has 0 bridgehead atoms. The van der Waals surface area contributed by atoms with Crippen LogP contribution in [0.1, 0.15) is 6.92 Å². The molecule has 0 unspecified atom stereocenters. The Labute approximate surface area is 125 Å². The van der Waals surface area contributed by atoms with Gasteiger partial charge in [0, 0.05) is 10.2 Å². The van der Waals surface area contributed by atoms with Crippen molar-refractivity contribution in [1.82, 2.24) is 4.98 Å². The van der Waals surface area contributed by atoms with Gasteiger partial charge in [0.2, 0.25) is 5.88 Å². The molecule has 0 aliphatic rings. The van der Waals surface area contributed by atoms with Gasteiger partial charge in [-0.25, -0.2) is 0 Å². The van der Waals surface area contributed by atoms with Crippen LogP contribution in [0.25, 0.3) is 0 Å². The van der Waals surface area contributed by atoms with Crippen LogP contribution in [0.4, 0.5) is 17.2 Å². The van der Waals surface area contributed by atoms with Gasteiger partial charge in [0.15, 0.2) is 0 Å². The highest BCUT2D eigenvalue weighted by Crippen LogP contribution is 2.28. The fraction of sp³-hybridized carbons (Fsp3) is 0.154. The third kappa shape index (κ3) is 3.52. The number of nitrogens with one attached hydrogen (secondary N) is 1. The molecule has 1 heterocycles. The zero-order valence-electron chi connectivity index (χ0n) is 10.3. The smallest absolute Gasteiger partial charge is 0.239 e. The summed E-state index contributed by atoms with van der Waals surface area (Å²) in [6, 6.07) is 9.09. The molecule has 0 saturated heterocycles. The summed E-state index contributed by atoms with van der Waals surface area (Å²) in [5.41, 5.74) is 7.16. The second-order valence-corrected chi connectivity index (χ2v) is 5.04. The number of nitrogen functional groups attached to an aromatic ring is 1. The highest BCUT2D eigenvalue weighted by molar-refractivity contribution is 9.10. The van der Waals surface area contributed by atoms with E-state index in [4.69, 9.17) is 22.1 Å². The lowest BCUT2D eigenvalue weighted by molar-refractivity contribution is 0.329. The molecule has 0 spiro atoms. The first-order chi connectivity index (χ1) is 9.10. The summed E-state index contributed by atoms with van der Waals surface area (Å²) >= 11 is 9.32. The molecular formula is C13H13BrClN3O. The molecule has 0 atom stereocenters. The quantitative estimate of drug-likeness (QED) is 0.873. The monoisotopic (exact) mass is 341 g/mol. The van der Waals surface area contributed by atoms with E-state index < -0.39 is 0 Å². The van der Waals surface area contributed by atoms with Crippen LogP contribution < -0.4 is 15.8 Å². The Balaban J connectivity index is 2.22. The van der Waals surface area contributed by atoms with Gasteiger partial charge in [0.05, 0.1) is 17.3 Å². The number of anilines is 3. The van der Waals surface area contributed by atoms with E-state index in [2.05, 4.69) is 26.2 Å². The van der Waals surface area contributed by atoms with Gasteiger partial charge in [0.25, 0.3) is 0 Å². The molecule has 4 nitrogen and oxygen atoms in total. The molecule has 0 aliphatic heterocycles. The number of benzene rings is 1. The Hall–Kier alpha value is -1.46. The largest absolute Gasteiger partial charge is 0.476 e. The molecule has 0 radical (unpaired) electrons. The van der Waals surface area contributed by atoms with Crippen LogP contribution in [0.5, 0.6) is 5.88 Å². The second kappa shape index (κ2) is 6.12. The summed E-state index contributed by atoms with van der Waals surface area (Å²) in [5.74, 6) is 1.09. The van der Waals surface area contributed by atoms with Crippen LogP contribution in [0.2, 0.25) is 5.02 Å². The maximum absolute atomic E-state index is 5.94. The molecule has 0 amide bonds. The molecule has 0 fully saturated rings. The van der Waals surface area contributed by atoms with Crippen molar-refractivity contribution >= 4 is 44.7 Å². The first-order valence-corrected chi connectivity index (χ1v) is 6.88. The average molecular weight is 343 g/mol. The SMILES string of the molecule is CCOc1nc(Nc2ccc(Cl)c(Br)c2)ccc1N. The van der Waals surface area contributed by atoms with E-state index in [-0.39, 0.29) is 0 Å². The lowest BCUT2D eigenvalue weighted by Crippen LogP contribution is -2.02. The van der Waals surface area contributed by atoms with Crippen molar-refractivity contribution in [1.29, 1.82) is 0 Å². The zero-order chi connectivity index (χ0) is 13.8. The third-order valence-electron chi connectivity index (χ3n) is 2.36. The molecule has 1 aromatic carbocycles. The number of hydrogen-bond acceptors (Lipinski definition) is 4. The van der Waals surface area contributed by atoms with E-state index in [1.165, 1.54) is 0 Å². The van der Waals surface area contributed by atoms with Crippen molar-refractivity contribution in [2.75, 3.05) is 17.7 Å². The van der Waals surface area contributed by atoms with Crippen LogP contribution in [-0.2, 0) is 0 Å². The normalized spacial score (nSPS) is 10.3. The molecule has 1 aromatic heterocycles. The number of pyridine rings is 1. The van der Waals surface area contributed by atoms with Crippen LogP contribution in [0.3, 0.4) is 0 Å². The summed E-state index contributed by atoms with van der Waals surface area (Å²) in [4.78, 5) is 4.30. The van der Waals surface area contributed by atoms with E-state index in [1.54, 1.807) is 18.2 Å². The van der Waals surface area contributed by atoms with E-state index >= 15 is 0 Å². The van der Waals surface area contributed by atoms with E-state index in [1.807, 2.05) is 19.1 Å². The van der Waals surface area contributed by atoms with Crippen LogP contribution in [0.15, 0.2) is 34.8 Å². The lowest BCUT2D eigenvalue weighted by atomic mass is 10.3. The van der Waals surface area contributed by atoms with Gasteiger partial charge in [0.1, 0.15) is 5.82 Å². The van der Waals surface area contributed by atoms with Crippen molar-refractivity contribution in [3.05, 3.63) is 39.8 Å². The van der Waals surface area contributed by atoms with Gasteiger partial charge >= 0.3 is 0 Å².